The lowest BCUT2D eigenvalue weighted by atomic mass is 10.1. The van der Waals surface area contributed by atoms with Gasteiger partial charge in [0.2, 0.25) is 5.12 Å². The third-order valence-corrected chi connectivity index (χ3v) is 2.85. The summed E-state index contributed by atoms with van der Waals surface area (Å²) in [5.74, 6) is 0.955. The maximum atomic E-state index is 10.8. The molecule has 0 aliphatic heterocycles. The molecule has 0 radical (unpaired) electrons. The molecule has 1 nitrogen and oxygen atoms in total. The quantitative estimate of drug-likeness (QED) is 0.438. The van der Waals surface area contributed by atoms with Crippen LogP contribution >= 0.6 is 11.8 Å². The van der Waals surface area contributed by atoms with E-state index in [0.717, 1.165) is 12.2 Å². The predicted octanol–water partition coefficient (Wildman–Crippen LogP) is 3.79. The summed E-state index contributed by atoms with van der Waals surface area (Å²) in [5, 5.41) is 0.105. The summed E-state index contributed by atoms with van der Waals surface area (Å²) < 4.78 is 0. The largest absolute Gasteiger partial charge is 0.282 e. The third kappa shape index (κ3) is 9.68. The maximum absolute atomic E-state index is 10.8. The van der Waals surface area contributed by atoms with Gasteiger partial charge in [0.05, 0.1) is 0 Å². The van der Waals surface area contributed by atoms with Crippen LogP contribution in [-0.2, 0) is 4.79 Å². The first-order valence-electron chi connectivity index (χ1n) is 5.10. The van der Waals surface area contributed by atoms with Gasteiger partial charge in [0, 0.05) is 5.75 Å². The fraction of sp³-hybridized carbons (Fsp3) is 0.727. The van der Waals surface area contributed by atoms with Crippen molar-refractivity contribution in [3.05, 3.63) is 12.7 Å². The number of rotatable bonds is 8. The van der Waals surface area contributed by atoms with Gasteiger partial charge in [0.15, 0.2) is 0 Å². The summed E-state index contributed by atoms with van der Waals surface area (Å²) in [6.07, 6.45) is 9.11. The molecule has 0 aromatic rings. The van der Waals surface area contributed by atoms with Crippen LogP contribution in [0.5, 0.6) is 0 Å². The van der Waals surface area contributed by atoms with E-state index in [4.69, 9.17) is 0 Å². The minimum atomic E-state index is 0.105. The topological polar surface area (TPSA) is 17.1 Å². The summed E-state index contributed by atoms with van der Waals surface area (Å²) in [4.78, 5) is 10.8. The Morgan fingerprint density at radius 1 is 1.23 bits per heavy atom. The highest BCUT2D eigenvalue weighted by Gasteiger charge is 1.95. The average Bonchev–Trinajstić information content (AvgIpc) is 2.16. The highest BCUT2D eigenvalue weighted by Crippen LogP contribution is 2.10. The lowest BCUT2D eigenvalue weighted by Crippen LogP contribution is -1.88. The molecule has 0 atom stereocenters. The minimum Gasteiger partial charge on any atom is -0.282 e. The van der Waals surface area contributed by atoms with Crippen LogP contribution in [0.1, 0.15) is 45.4 Å². The van der Waals surface area contributed by atoms with Crippen molar-refractivity contribution in [1.29, 1.82) is 0 Å². The van der Waals surface area contributed by atoms with E-state index in [1.54, 1.807) is 0 Å². The molecule has 0 unspecified atom stereocenters. The van der Waals surface area contributed by atoms with Crippen LogP contribution in [0, 0.1) is 0 Å². The van der Waals surface area contributed by atoms with Crippen molar-refractivity contribution in [3.63, 3.8) is 0 Å². The molecule has 0 N–H and O–H groups in total. The first-order chi connectivity index (χ1) is 6.31. The van der Waals surface area contributed by atoms with Gasteiger partial charge in [-0.2, -0.15) is 0 Å². The molecule has 0 amide bonds. The number of thioether (sulfide) groups is 1. The van der Waals surface area contributed by atoms with E-state index in [2.05, 4.69) is 13.5 Å². The maximum Gasteiger partial charge on any atom is 0.211 e. The zero-order valence-electron chi connectivity index (χ0n) is 8.55. The van der Waals surface area contributed by atoms with E-state index in [9.17, 15) is 4.79 Å². The van der Waals surface area contributed by atoms with Gasteiger partial charge in [-0.3, -0.25) is 4.79 Å². The van der Waals surface area contributed by atoms with Gasteiger partial charge in [-0.05, 0) is 12.5 Å². The summed E-state index contributed by atoms with van der Waals surface area (Å²) >= 11 is 1.38. The Balaban J connectivity index is 2.99. The van der Waals surface area contributed by atoms with Crippen LogP contribution in [-0.4, -0.2) is 10.9 Å². The first kappa shape index (κ1) is 12.8. The summed E-state index contributed by atoms with van der Waals surface area (Å²) in [5.41, 5.74) is 0. The standard InChI is InChI=1S/C11H20OS/c1-3-5-6-7-8-9-10-13-11(12)4-2/h4H,2-3,5-10H2,1H3. The molecule has 0 aromatic heterocycles. The number of carbonyl (C=O) groups excluding carboxylic acids is 1. The summed E-state index contributed by atoms with van der Waals surface area (Å²) in [6, 6.07) is 0. The van der Waals surface area contributed by atoms with Crippen LogP contribution < -0.4 is 0 Å². The van der Waals surface area contributed by atoms with Crippen molar-refractivity contribution < 1.29 is 4.79 Å². The number of carbonyl (C=O) groups is 1. The lowest BCUT2D eigenvalue weighted by Gasteiger charge is -1.98. The van der Waals surface area contributed by atoms with Gasteiger partial charge in [0.25, 0.3) is 0 Å². The number of unbranched alkanes of at least 4 members (excludes halogenated alkanes) is 5. The van der Waals surface area contributed by atoms with Crippen molar-refractivity contribution >= 4 is 16.9 Å². The lowest BCUT2D eigenvalue weighted by molar-refractivity contribution is -0.107. The van der Waals surface area contributed by atoms with Crippen LogP contribution in [0.4, 0.5) is 0 Å². The van der Waals surface area contributed by atoms with E-state index in [1.807, 2.05) is 0 Å². The Labute approximate surface area is 86.0 Å². The molecule has 2 heteroatoms. The molecule has 76 valence electrons. The van der Waals surface area contributed by atoms with Crippen molar-refractivity contribution in [3.8, 4) is 0 Å². The second-order valence-corrected chi connectivity index (χ2v) is 4.24. The normalized spacial score (nSPS) is 9.92. The fourth-order valence-corrected chi connectivity index (χ4v) is 1.78. The van der Waals surface area contributed by atoms with E-state index in [0.29, 0.717) is 0 Å². The summed E-state index contributed by atoms with van der Waals surface area (Å²) in [6.45, 7) is 5.65. The molecule has 0 aromatic carbocycles. The molecule has 0 heterocycles. The van der Waals surface area contributed by atoms with Gasteiger partial charge in [-0.1, -0.05) is 57.4 Å². The smallest absolute Gasteiger partial charge is 0.211 e. The molecular weight excluding hydrogens is 180 g/mol. The molecule has 0 bridgehead atoms. The molecule has 0 aliphatic carbocycles. The van der Waals surface area contributed by atoms with E-state index in [-0.39, 0.29) is 5.12 Å². The van der Waals surface area contributed by atoms with Gasteiger partial charge in [-0.25, -0.2) is 0 Å². The average molecular weight is 200 g/mol. The first-order valence-corrected chi connectivity index (χ1v) is 6.09. The van der Waals surface area contributed by atoms with Gasteiger partial charge in [0.1, 0.15) is 0 Å². The highest BCUT2D eigenvalue weighted by atomic mass is 32.2. The molecule has 0 fully saturated rings. The molecule has 0 saturated carbocycles. The van der Waals surface area contributed by atoms with Crippen molar-refractivity contribution in [1.82, 2.24) is 0 Å². The van der Waals surface area contributed by atoms with Gasteiger partial charge >= 0.3 is 0 Å². The van der Waals surface area contributed by atoms with E-state index in [1.165, 1.54) is 49.9 Å². The summed E-state index contributed by atoms with van der Waals surface area (Å²) in [7, 11) is 0. The molecule has 0 aliphatic rings. The van der Waals surface area contributed by atoms with Crippen molar-refractivity contribution in [2.45, 2.75) is 45.4 Å². The number of hydrogen-bond acceptors (Lipinski definition) is 2. The third-order valence-electron chi connectivity index (χ3n) is 1.91. The fourth-order valence-electron chi connectivity index (χ4n) is 1.11. The zero-order chi connectivity index (χ0) is 9.94. The second-order valence-electron chi connectivity index (χ2n) is 3.14. The monoisotopic (exact) mass is 200 g/mol. The Morgan fingerprint density at radius 3 is 2.46 bits per heavy atom. The number of hydrogen-bond donors (Lipinski definition) is 0. The van der Waals surface area contributed by atoms with Crippen LogP contribution in [0.3, 0.4) is 0 Å². The van der Waals surface area contributed by atoms with Crippen LogP contribution in [0.25, 0.3) is 0 Å². The Hall–Kier alpha value is -0.240. The molecule has 0 spiro atoms. The van der Waals surface area contributed by atoms with Crippen molar-refractivity contribution in [2.24, 2.45) is 0 Å². The minimum absolute atomic E-state index is 0.105. The molecule has 0 rings (SSSR count). The molecule has 0 saturated heterocycles. The second kappa shape index (κ2) is 9.85. The zero-order valence-corrected chi connectivity index (χ0v) is 9.37. The Kier molecular flexibility index (Phi) is 9.66. The van der Waals surface area contributed by atoms with Crippen LogP contribution in [0.15, 0.2) is 12.7 Å². The molecule has 13 heavy (non-hydrogen) atoms. The Bertz CT molecular complexity index is 143. The molecular formula is C11H20OS. The SMILES string of the molecule is C=CC(=O)SCCCCCCCC. The van der Waals surface area contributed by atoms with Crippen molar-refractivity contribution in [2.75, 3.05) is 5.75 Å². The van der Waals surface area contributed by atoms with Gasteiger partial charge in [-0.15, -0.1) is 0 Å². The van der Waals surface area contributed by atoms with E-state index < -0.39 is 0 Å². The Morgan fingerprint density at radius 2 is 1.85 bits per heavy atom. The predicted molar refractivity (Wildman–Crippen MR) is 61.0 cm³/mol. The van der Waals surface area contributed by atoms with Gasteiger partial charge < -0.3 is 0 Å². The van der Waals surface area contributed by atoms with Crippen LogP contribution in [0.2, 0.25) is 0 Å². The highest BCUT2D eigenvalue weighted by molar-refractivity contribution is 8.14. The van der Waals surface area contributed by atoms with E-state index >= 15 is 0 Å².